The molecule has 0 spiro atoms. The molecule has 0 radical (unpaired) electrons. The van der Waals surface area contributed by atoms with Crippen LogP contribution in [-0.4, -0.2) is 24.3 Å². The number of fused-ring (bicyclic) bond motifs is 1. The summed E-state index contributed by atoms with van der Waals surface area (Å²) in [5.41, 5.74) is 2.78. The van der Waals surface area contributed by atoms with Crippen molar-refractivity contribution in [1.29, 1.82) is 0 Å². The van der Waals surface area contributed by atoms with Crippen molar-refractivity contribution in [3.05, 3.63) is 29.8 Å². The van der Waals surface area contributed by atoms with Gasteiger partial charge in [0, 0.05) is 18.8 Å². The highest BCUT2D eigenvalue weighted by molar-refractivity contribution is 5.57. The number of benzene rings is 1. The van der Waals surface area contributed by atoms with Crippen LogP contribution in [0.5, 0.6) is 0 Å². The third kappa shape index (κ3) is 2.39. The van der Waals surface area contributed by atoms with Crippen LogP contribution in [0.3, 0.4) is 0 Å². The van der Waals surface area contributed by atoms with E-state index in [0.717, 1.165) is 19.5 Å². The van der Waals surface area contributed by atoms with E-state index < -0.39 is 0 Å². The Morgan fingerprint density at radius 3 is 2.78 bits per heavy atom. The summed E-state index contributed by atoms with van der Waals surface area (Å²) in [4.78, 5) is 2.37. The number of β-amino-alcohol motifs (C(OH)–C–C–N with tert-alkyl or cyclic N) is 1. The Kier molecular flexibility index (Phi) is 3.55. The van der Waals surface area contributed by atoms with Crippen LogP contribution >= 0.6 is 0 Å². The molecule has 1 aromatic rings. The Hall–Kier alpha value is -1.02. The van der Waals surface area contributed by atoms with E-state index in [2.05, 4.69) is 29.2 Å². The minimum Gasteiger partial charge on any atom is -0.391 e. The molecule has 1 aliphatic carbocycles. The molecule has 0 aromatic heterocycles. The van der Waals surface area contributed by atoms with E-state index in [0.29, 0.717) is 5.92 Å². The molecule has 2 aliphatic rings. The Morgan fingerprint density at radius 1 is 1.17 bits per heavy atom. The normalized spacial score (nSPS) is 21.9. The maximum atomic E-state index is 10.4. The van der Waals surface area contributed by atoms with Crippen molar-refractivity contribution in [1.82, 2.24) is 0 Å². The van der Waals surface area contributed by atoms with Gasteiger partial charge in [-0.15, -0.1) is 0 Å². The standard InChI is InChI=1S/C16H23NO/c18-16(14-7-2-1-3-8-14)12-17-11-10-13-6-4-5-9-15(13)17/h4-6,9,14,16,18H,1-3,7-8,10-12H2. The first-order chi connectivity index (χ1) is 8.84. The van der Waals surface area contributed by atoms with Crippen molar-refractivity contribution >= 4 is 5.69 Å². The molecule has 1 aliphatic heterocycles. The summed E-state index contributed by atoms with van der Waals surface area (Å²) < 4.78 is 0. The van der Waals surface area contributed by atoms with Crippen LogP contribution in [0.2, 0.25) is 0 Å². The predicted molar refractivity (Wildman–Crippen MR) is 74.9 cm³/mol. The van der Waals surface area contributed by atoms with Gasteiger partial charge in [0.05, 0.1) is 6.10 Å². The van der Waals surface area contributed by atoms with Crippen molar-refractivity contribution in [2.24, 2.45) is 5.92 Å². The Bertz CT molecular complexity index is 398. The quantitative estimate of drug-likeness (QED) is 0.885. The third-order valence-electron chi connectivity index (χ3n) is 4.58. The predicted octanol–water partition coefficient (Wildman–Crippen LogP) is 2.99. The van der Waals surface area contributed by atoms with E-state index in [9.17, 15) is 5.11 Å². The smallest absolute Gasteiger partial charge is 0.0743 e. The van der Waals surface area contributed by atoms with Crippen LogP contribution in [0.4, 0.5) is 5.69 Å². The second-order valence-corrected chi connectivity index (χ2v) is 5.79. The highest BCUT2D eigenvalue weighted by Crippen LogP contribution is 2.31. The van der Waals surface area contributed by atoms with Gasteiger partial charge in [-0.2, -0.15) is 0 Å². The number of aliphatic hydroxyl groups excluding tert-OH is 1. The Morgan fingerprint density at radius 2 is 1.94 bits per heavy atom. The number of anilines is 1. The second-order valence-electron chi connectivity index (χ2n) is 5.79. The lowest BCUT2D eigenvalue weighted by molar-refractivity contribution is 0.0904. The molecule has 0 amide bonds. The van der Waals surface area contributed by atoms with E-state index in [-0.39, 0.29) is 6.10 Å². The zero-order chi connectivity index (χ0) is 12.4. The lowest BCUT2D eigenvalue weighted by Gasteiger charge is -2.30. The number of rotatable bonds is 3. The van der Waals surface area contributed by atoms with E-state index in [4.69, 9.17) is 0 Å². The van der Waals surface area contributed by atoms with Gasteiger partial charge in [-0.25, -0.2) is 0 Å². The summed E-state index contributed by atoms with van der Waals surface area (Å²) in [5.74, 6) is 0.534. The van der Waals surface area contributed by atoms with Crippen molar-refractivity contribution in [2.75, 3.05) is 18.0 Å². The highest BCUT2D eigenvalue weighted by atomic mass is 16.3. The number of nitrogens with zero attached hydrogens (tertiary/aromatic N) is 1. The molecule has 0 saturated heterocycles. The van der Waals surface area contributed by atoms with Crippen LogP contribution < -0.4 is 4.90 Å². The maximum absolute atomic E-state index is 10.4. The van der Waals surface area contributed by atoms with E-state index >= 15 is 0 Å². The van der Waals surface area contributed by atoms with Crippen LogP contribution in [0, 0.1) is 5.92 Å². The van der Waals surface area contributed by atoms with E-state index in [1.807, 2.05) is 0 Å². The first kappa shape index (κ1) is 12.0. The summed E-state index contributed by atoms with van der Waals surface area (Å²) >= 11 is 0. The lowest BCUT2D eigenvalue weighted by Crippen LogP contribution is -2.36. The van der Waals surface area contributed by atoms with Gasteiger partial charge in [0.2, 0.25) is 0 Å². The van der Waals surface area contributed by atoms with Crippen molar-refractivity contribution in [2.45, 2.75) is 44.6 Å². The SMILES string of the molecule is OC(CN1CCc2ccccc21)C1CCCCC1. The maximum Gasteiger partial charge on any atom is 0.0743 e. The molecular weight excluding hydrogens is 222 g/mol. The zero-order valence-corrected chi connectivity index (χ0v) is 11.0. The minimum atomic E-state index is -0.142. The summed E-state index contributed by atoms with van der Waals surface area (Å²) in [7, 11) is 0. The van der Waals surface area contributed by atoms with Gasteiger partial charge < -0.3 is 10.0 Å². The lowest BCUT2D eigenvalue weighted by atomic mass is 9.85. The first-order valence-corrected chi connectivity index (χ1v) is 7.35. The van der Waals surface area contributed by atoms with Gasteiger partial charge in [-0.3, -0.25) is 0 Å². The molecule has 1 atom stereocenters. The molecule has 98 valence electrons. The number of para-hydroxylation sites is 1. The number of hydrogen-bond donors (Lipinski definition) is 1. The molecule has 1 aromatic carbocycles. The van der Waals surface area contributed by atoms with Crippen molar-refractivity contribution < 1.29 is 5.11 Å². The average Bonchev–Trinajstić information content (AvgIpc) is 2.83. The van der Waals surface area contributed by atoms with Crippen molar-refractivity contribution in [3.8, 4) is 0 Å². The summed E-state index contributed by atoms with van der Waals surface area (Å²) in [6.45, 7) is 1.89. The van der Waals surface area contributed by atoms with Gasteiger partial charge in [0.1, 0.15) is 0 Å². The second kappa shape index (κ2) is 5.31. The summed E-state index contributed by atoms with van der Waals surface area (Å²) in [6, 6.07) is 8.61. The molecule has 1 heterocycles. The van der Waals surface area contributed by atoms with Crippen LogP contribution in [0.25, 0.3) is 0 Å². The molecule has 0 bridgehead atoms. The highest BCUT2D eigenvalue weighted by Gasteiger charge is 2.26. The topological polar surface area (TPSA) is 23.5 Å². The summed E-state index contributed by atoms with van der Waals surface area (Å²) in [5, 5.41) is 10.4. The largest absolute Gasteiger partial charge is 0.391 e. The number of aliphatic hydroxyl groups is 1. The molecule has 1 fully saturated rings. The molecule has 1 N–H and O–H groups in total. The fourth-order valence-electron chi connectivity index (χ4n) is 3.49. The average molecular weight is 245 g/mol. The van der Waals surface area contributed by atoms with Gasteiger partial charge in [0.15, 0.2) is 0 Å². The first-order valence-electron chi connectivity index (χ1n) is 7.35. The Balaban J connectivity index is 1.63. The van der Waals surface area contributed by atoms with Gasteiger partial charge >= 0.3 is 0 Å². The zero-order valence-electron chi connectivity index (χ0n) is 11.0. The molecular formula is C16H23NO. The molecule has 18 heavy (non-hydrogen) atoms. The molecule has 1 saturated carbocycles. The van der Waals surface area contributed by atoms with Gasteiger partial charge in [0.25, 0.3) is 0 Å². The van der Waals surface area contributed by atoms with E-state index in [1.54, 1.807) is 0 Å². The fraction of sp³-hybridized carbons (Fsp3) is 0.625. The molecule has 2 heteroatoms. The van der Waals surface area contributed by atoms with E-state index in [1.165, 1.54) is 43.4 Å². The van der Waals surface area contributed by atoms with Crippen LogP contribution in [-0.2, 0) is 6.42 Å². The van der Waals surface area contributed by atoms with Gasteiger partial charge in [-0.1, -0.05) is 37.5 Å². The van der Waals surface area contributed by atoms with Crippen LogP contribution in [0.1, 0.15) is 37.7 Å². The van der Waals surface area contributed by atoms with Crippen molar-refractivity contribution in [3.63, 3.8) is 0 Å². The number of hydrogen-bond acceptors (Lipinski definition) is 2. The molecule has 3 rings (SSSR count). The minimum absolute atomic E-state index is 0.142. The Labute approximate surface area is 110 Å². The monoisotopic (exact) mass is 245 g/mol. The third-order valence-corrected chi connectivity index (χ3v) is 4.58. The summed E-state index contributed by atoms with van der Waals surface area (Å²) in [6.07, 6.45) is 7.39. The molecule has 2 nitrogen and oxygen atoms in total. The molecule has 1 unspecified atom stereocenters. The van der Waals surface area contributed by atoms with Gasteiger partial charge in [-0.05, 0) is 36.8 Å². The van der Waals surface area contributed by atoms with Crippen LogP contribution in [0.15, 0.2) is 24.3 Å². The fourth-order valence-corrected chi connectivity index (χ4v) is 3.49.